The van der Waals surface area contributed by atoms with Crippen LogP contribution in [0.15, 0.2) is 12.7 Å². The molecule has 1 aromatic carbocycles. The first-order valence-electron chi connectivity index (χ1n) is 6.31. The van der Waals surface area contributed by atoms with Crippen LogP contribution in [0.1, 0.15) is 12.0 Å². The zero-order valence-electron chi connectivity index (χ0n) is 12.1. The molecule has 1 atom stereocenters. The van der Waals surface area contributed by atoms with Gasteiger partial charge >= 0.3 is 8.77 Å². The highest BCUT2D eigenvalue weighted by molar-refractivity contribution is 7.39. The summed E-state index contributed by atoms with van der Waals surface area (Å²) in [7, 11) is -3.62. The quantitative estimate of drug-likeness (QED) is 0.187. The predicted octanol–water partition coefficient (Wildman–Crippen LogP) is 4.02. The Morgan fingerprint density at radius 1 is 1.00 bits per heavy atom. The predicted molar refractivity (Wildman–Crippen MR) is 72.9 cm³/mol. The second-order valence-corrected chi connectivity index (χ2v) is 4.70. The topological polar surface area (TPSA) is 49.7 Å². The molecule has 2 N–H and O–H groups in total. The molecule has 0 aliphatic rings. The van der Waals surface area contributed by atoms with Crippen LogP contribution in [0.2, 0.25) is 0 Å². The van der Waals surface area contributed by atoms with E-state index in [9.17, 15) is 35.5 Å². The molecule has 11 heteroatoms. The SMILES string of the molecule is C=CCCOCC(O)Cc1c(F)c(F)c(F)c(F)c1F.OP(F)F. The molecule has 0 aliphatic carbocycles. The van der Waals surface area contributed by atoms with Gasteiger partial charge in [0, 0.05) is 12.0 Å². The number of hydrogen-bond donors (Lipinski definition) is 2. The van der Waals surface area contributed by atoms with Crippen LogP contribution in [0.25, 0.3) is 0 Å². The van der Waals surface area contributed by atoms with E-state index in [-0.39, 0.29) is 13.2 Å². The standard InChI is InChI=1S/C13H13F5O2.F2HOP/c1-2-3-4-20-6-7(19)5-8-9(14)11(16)13(18)12(17)10(8)15;1-4(2)3/h2,7,19H,1,3-6H2;3H. The van der Waals surface area contributed by atoms with Crippen LogP contribution in [0.5, 0.6) is 0 Å². The molecular formula is C13H14F7O3P. The summed E-state index contributed by atoms with van der Waals surface area (Å²) in [6.07, 6.45) is -0.0426. The van der Waals surface area contributed by atoms with Gasteiger partial charge < -0.3 is 14.7 Å². The van der Waals surface area contributed by atoms with Crippen molar-refractivity contribution in [2.75, 3.05) is 13.2 Å². The Labute approximate surface area is 134 Å². The molecule has 138 valence electrons. The summed E-state index contributed by atoms with van der Waals surface area (Å²) >= 11 is 0. The third-order valence-corrected chi connectivity index (χ3v) is 2.52. The van der Waals surface area contributed by atoms with Crippen LogP contribution in [0.4, 0.5) is 30.3 Å². The molecule has 3 nitrogen and oxygen atoms in total. The Hall–Kier alpha value is -1.22. The van der Waals surface area contributed by atoms with Gasteiger partial charge in [0.1, 0.15) is 0 Å². The van der Waals surface area contributed by atoms with Gasteiger partial charge in [-0.15, -0.1) is 6.58 Å². The van der Waals surface area contributed by atoms with Gasteiger partial charge in [-0.05, 0) is 6.42 Å². The number of hydrogen-bond acceptors (Lipinski definition) is 3. The van der Waals surface area contributed by atoms with Crippen molar-refractivity contribution >= 4 is 8.77 Å². The maximum atomic E-state index is 13.3. The molecule has 0 amide bonds. The monoisotopic (exact) mass is 382 g/mol. The molecule has 0 aliphatic heterocycles. The lowest BCUT2D eigenvalue weighted by Crippen LogP contribution is -2.21. The first-order valence-corrected chi connectivity index (χ1v) is 7.38. The van der Waals surface area contributed by atoms with Crippen molar-refractivity contribution in [3.8, 4) is 0 Å². The molecule has 0 heterocycles. The normalized spacial score (nSPS) is 11.9. The van der Waals surface area contributed by atoms with Crippen LogP contribution in [0, 0.1) is 29.1 Å². The van der Waals surface area contributed by atoms with Crippen LogP contribution in [-0.2, 0) is 11.2 Å². The van der Waals surface area contributed by atoms with Gasteiger partial charge in [-0.2, -0.15) is 8.39 Å². The van der Waals surface area contributed by atoms with Gasteiger partial charge in [0.25, 0.3) is 0 Å². The lowest BCUT2D eigenvalue weighted by Gasteiger charge is -2.13. The van der Waals surface area contributed by atoms with Crippen molar-refractivity contribution < 1.29 is 45.1 Å². The van der Waals surface area contributed by atoms with Gasteiger partial charge in [0.2, 0.25) is 5.82 Å². The van der Waals surface area contributed by atoms with E-state index in [0.29, 0.717) is 6.42 Å². The Bertz CT molecular complexity index is 511. The van der Waals surface area contributed by atoms with Crippen molar-refractivity contribution in [3.63, 3.8) is 0 Å². The van der Waals surface area contributed by atoms with Gasteiger partial charge in [-0.25, -0.2) is 22.0 Å². The summed E-state index contributed by atoms with van der Waals surface area (Å²) in [4.78, 5) is 6.79. The summed E-state index contributed by atoms with van der Waals surface area (Å²) in [5.41, 5.74) is -1.05. The summed E-state index contributed by atoms with van der Waals surface area (Å²) in [5, 5.41) is 9.48. The van der Waals surface area contributed by atoms with Gasteiger partial charge in [-0.3, -0.25) is 0 Å². The number of ether oxygens (including phenoxy) is 1. The van der Waals surface area contributed by atoms with E-state index in [1.807, 2.05) is 0 Å². The minimum atomic E-state index is -3.62. The minimum Gasteiger partial charge on any atom is -0.390 e. The maximum Gasteiger partial charge on any atom is 0.412 e. The Kier molecular flexibility index (Phi) is 10.8. The number of halogens is 7. The number of aliphatic hydroxyl groups is 1. The van der Waals surface area contributed by atoms with Crippen LogP contribution >= 0.6 is 8.77 Å². The second-order valence-electron chi connectivity index (χ2n) is 4.27. The third-order valence-electron chi connectivity index (χ3n) is 2.52. The smallest absolute Gasteiger partial charge is 0.390 e. The highest BCUT2D eigenvalue weighted by Gasteiger charge is 2.26. The van der Waals surface area contributed by atoms with Crippen molar-refractivity contribution in [1.29, 1.82) is 0 Å². The number of rotatable bonds is 7. The van der Waals surface area contributed by atoms with E-state index in [1.54, 1.807) is 6.08 Å². The molecule has 1 rings (SSSR count). The summed E-state index contributed by atoms with van der Waals surface area (Å²) in [6, 6.07) is 0. The van der Waals surface area contributed by atoms with Crippen molar-refractivity contribution in [2.24, 2.45) is 0 Å². The average Bonchev–Trinajstić information content (AvgIpc) is 2.51. The largest absolute Gasteiger partial charge is 0.412 e. The molecule has 0 radical (unpaired) electrons. The zero-order chi connectivity index (χ0) is 18.9. The Balaban J connectivity index is 0.00000118. The Morgan fingerprint density at radius 3 is 1.83 bits per heavy atom. The number of aliphatic hydroxyl groups excluding tert-OH is 1. The summed E-state index contributed by atoms with van der Waals surface area (Å²) in [6.45, 7) is 3.38. The first kappa shape index (κ1) is 22.8. The fourth-order valence-corrected chi connectivity index (χ4v) is 1.51. The van der Waals surface area contributed by atoms with E-state index in [1.165, 1.54) is 0 Å². The van der Waals surface area contributed by atoms with Gasteiger partial charge in [-0.1, -0.05) is 6.08 Å². The highest BCUT2D eigenvalue weighted by atomic mass is 31.2. The lowest BCUT2D eigenvalue weighted by atomic mass is 10.1. The molecule has 1 unspecified atom stereocenters. The molecule has 0 spiro atoms. The molecule has 24 heavy (non-hydrogen) atoms. The fraction of sp³-hybridized carbons (Fsp3) is 0.385. The first-order chi connectivity index (χ1) is 11.1. The van der Waals surface area contributed by atoms with Crippen LogP contribution < -0.4 is 0 Å². The van der Waals surface area contributed by atoms with Crippen molar-refractivity contribution in [1.82, 2.24) is 0 Å². The fourth-order valence-electron chi connectivity index (χ4n) is 1.51. The van der Waals surface area contributed by atoms with Gasteiger partial charge in [0.05, 0.1) is 19.3 Å². The van der Waals surface area contributed by atoms with E-state index in [0.717, 1.165) is 0 Å². The van der Waals surface area contributed by atoms with E-state index < -0.39 is 55.9 Å². The third kappa shape index (κ3) is 7.57. The van der Waals surface area contributed by atoms with Crippen molar-refractivity contribution in [2.45, 2.75) is 18.9 Å². The second kappa shape index (κ2) is 11.4. The average molecular weight is 382 g/mol. The minimum absolute atomic E-state index is 0.234. The van der Waals surface area contributed by atoms with E-state index >= 15 is 0 Å². The van der Waals surface area contributed by atoms with Crippen LogP contribution in [-0.4, -0.2) is 29.3 Å². The molecule has 0 saturated heterocycles. The zero-order valence-corrected chi connectivity index (χ0v) is 13.0. The highest BCUT2D eigenvalue weighted by Crippen LogP contribution is 2.31. The maximum absolute atomic E-state index is 13.3. The van der Waals surface area contributed by atoms with E-state index in [2.05, 4.69) is 6.58 Å². The molecule has 0 saturated carbocycles. The van der Waals surface area contributed by atoms with E-state index in [4.69, 9.17) is 9.63 Å². The molecule has 0 bridgehead atoms. The van der Waals surface area contributed by atoms with Crippen LogP contribution in [0.3, 0.4) is 0 Å². The summed E-state index contributed by atoms with van der Waals surface area (Å²) < 4.78 is 90.1. The molecular weight excluding hydrogens is 368 g/mol. The molecule has 0 fully saturated rings. The molecule has 1 aromatic rings. The Morgan fingerprint density at radius 2 is 1.42 bits per heavy atom. The lowest BCUT2D eigenvalue weighted by molar-refractivity contribution is 0.0380. The molecule has 0 aromatic heterocycles. The van der Waals surface area contributed by atoms with Gasteiger partial charge in [0.15, 0.2) is 23.3 Å². The van der Waals surface area contributed by atoms with Crippen molar-refractivity contribution in [3.05, 3.63) is 47.3 Å². The number of benzene rings is 1. The summed E-state index contributed by atoms with van der Waals surface area (Å²) in [5.74, 6) is -10.2.